The fourth-order valence-electron chi connectivity index (χ4n) is 3.12. The number of hydrogen-bond donors (Lipinski definition) is 1. The third kappa shape index (κ3) is 6.27. The van der Waals surface area contributed by atoms with Gasteiger partial charge in [0, 0.05) is 18.1 Å². The molecular formula is C17H36N2. The lowest BCUT2D eigenvalue weighted by atomic mass is 9.86. The number of nitrogens with zero attached hydrogens (tertiary/aromatic N) is 1. The lowest BCUT2D eigenvalue weighted by Crippen LogP contribution is -2.50. The Labute approximate surface area is 121 Å². The molecule has 0 aliphatic carbocycles. The maximum absolute atomic E-state index is 3.70. The first-order valence-electron chi connectivity index (χ1n) is 8.32. The molecule has 0 radical (unpaired) electrons. The first kappa shape index (κ1) is 17.0. The molecule has 0 aromatic heterocycles. The first-order chi connectivity index (χ1) is 8.83. The van der Waals surface area contributed by atoms with Gasteiger partial charge in [-0.15, -0.1) is 0 Å². The van der Waals surface area contributed by atoms with Crippen LogP contribution in [0.15, 0.2) is 0 Å². The molecule has 2 nitrogen and oxygen atoms in total. The number of likely N-dealkylation sites (tertiary alicyclic amines) is 1. The largest absolute Gasteiger partial charge is 0.311 e. The van der Waals surface area contributed by atoms with E-state index in [2.05, 4.69) is 51.8 Å². The molecular weight excluding hydrogens is 232 g/mol. The summed E-state index contributed by atoms with van der Waals surface area (Å²) < 4.78 is 0. The van der Waals surface area contributed by atoms with Gasteiger partial charge in [-0.05, 0) is 65.0 Å². The molecule has 1 saturated heterocycles. The third-order valence-electron chi connectivity index (χ3n) is 4.52. The number of piperidine rings is 1. The summed E-state index contributed by atoms with van der Waals surface area (Å²) in [6.45, 7) is 17.6. The van der Waals surface area contributed by atoms with Crippen molar-refractivity contribution in [2.75, 3.05) is 19.6 Å². The summed E-state index contributed by atoms with van der Waals surface area (Å²) in [4.78, 5) is 2.74. The van der Waals surface area contributed by atoms with Gasteiger partial charge in [0.15, 0.2) is 0 Å². The highest BCUT2D eigenvalue weighted by atomic mass is 15.2. The Hall–Kier alpha value is -0.0800. The van der Waals surface area contributed by atoms with E-state index in [0.29, 0.717) is 0 Å². The molecule has 1 aliphatic heterocycles. The van der Waals surface area contributed by atoms with Crippen LogP contribution in [0.5, 0.6) is 0 Å². The highest BCUT2D eigenvalue weighted by molar-refractivity contribution is 4.83. The summed E-state index contributed by atoms with van der Waals surface area (Å²) in [5, 5.41) is 3.70. The fourth-order valence-corrected chi connectivity index (χ4v) is 3.12. The second kappa shape index (κ2) is 7.64. The Morgan fingerprint density at radius 2 is 1.74 bits per heavy atom. The van der Waals surface area contributed by atoms with Crippen molar-refractivity contribution >= 4 is 0 Å². The zero-order valence-corrected chi connectivity index (χ0v) is 14.1. The highest BCUT2D eigenvalue weighted by Gasteiger charge is 2.26. The van der Waals surface area contributed by atoms with Crippen LogP contribution in [0.1, 0.15) is 67.2 Å². The van der Waals surface area contributed by atoms with Crippen molar-refractivity contribution in [2.45, 2.75) is 78.8 Å². The van der Waals surface area contributed by atoms with Crippen LogP contribution in [0.3, 0.4) is 0 Å². The van der Waals surface area contributed by atoms with Crippen LogP contribution >= 0.6 is 0 Å². The van der Waals surface area contributed by atoms with Crippen LogP contribution < -0.4 is 5.32 Å². The van der Waals surface area contributed by atoms with Crippen LogP contribution in [0.2, 0.25) is 0 Å². The molecule has 1 unspecified atom stereocenters. The van der Waals surface area contributed by atoms with Crippen molar-refractivity contribution in [3.63, 3.8) is 0 Å². The van der Waals surface area contributed by atoms with E-state index in [-0.39, 0.29) is 5.54 Å². The maximum Gasteiger partial charge on any atom is 0.0220 e. The molecule has 0 aromatic carbocycles. The van der Waals surface area contributed by atoms with Crippen LogP contribution in [-0.2, 0) is 0 Å². The van der Waals surface area contributed by atoms with E-state index in [1.165, 1.54) is 38.8 Å². The lowest BCUT2D eigenvalue weighted by molar-refractivity contribution is 0.104. The van der Waals surface area contributed by atoms with Crippen LogP contribution in [0.4, 0.5) is 0 Å². The summed E-state index contributed by atoms with van der Waals surface area (Å²) in [5.74, 6) is 1.81. The van der Waals surface area contributed by atoms with E-state index in [1.54, 1.807) is 0 Å². The standard InChI is InChI=1S/C17H36N2/c1-7-8-16(13-18-17(4,5)6)19-11-9-15(10-12-19)14(2)3/h14-16,18H,7-13H2,1-6H3. The van der Waals surface area contributed by atoms with Crippen molar-refractivity contribution in [1.29, 1.82) is 0 Å². The minimum Gasteiger partial charge on any atom is -0.311 e. The highest BCUT2D eigenvalue weighted by Crippen LogP contribution is 2.26. The fraction of sp³-hybridized carbons (Fsp3) is 1.00. The summed E-state index contributed by atoms with van der Waals surface area (Å²) >= 11 is 0. The van der Waals surface area contributed by atoms with Crippen molar-refractivity contribution in [3.8, 4) is 0 Å². The van der Waals surface area contributed by atoms with Gasteiger partial charge >= 0.3 is 0 Å². The SMILES string of the molecule is CCCC(CNC(C)(C)C)N1CCC(C(C)C)CC1. The smallest absolute Gasteiger partial charge is 0.0220 e. The molecule has 114 valence electrons. The molecule has 2 heteroatoms. The van der Waals surface area contributed by atoms with Gasteiger partial charge < -0.3 is 5.32 Å². The average molecular weight is 268 g/mol. The zero-order chi connectivity index (χ0) is 14.5. The monoisotopic (exact) mass is 268 g/mol. The topological polar surface area (TPSA) is 15.3 Å². The quantitative estimate of drug-likeness (QED) is 0.785. The Morgan fingerprint density at radius 3 is 2.16 bits per heavy atom. The Morgan fingerprint density at radius 1 is 1.16 bits per heavy atom. The lowest BCUT2D eigenvalue weighted by Gasteiger charge is -2.40. The van der Waals surface area contributed by atoms with E-state index in [9.17, 15) is 0 Å². The Kier molecular flexibility index (Phi) is 6.82. The van der Waals surface area contributed by atoms with Gasteiger partial charge in [-0.3, -0.25) is 4.90 Å². The van der Waals surface area contributed by atoms with Crippen molar-refractivity contribution in [3.05, 3.63) is 0 Å². The Balaban J connectivity index is 2.44. The minimum atomic E-state index is 0.238. The molecule has 1 heterocycles. The van der Waals surface area contributed by atoms with E-state index >= 15 is 0 Å². The molecule has 0 amide bonds. The molecule has 0 bridgehead atoms. The number of hydrogen-bond acceptors (Lipinski definition) is 2. The molecule has 1 atom stereocenters. The van der Waals surface area contributed by atoms with Gasteiger partial charge in [0.1, 0.15) is 0 Å². The molecule has 0 spiro atoms. The van der Waals surface area contributed by atoms with Crippen molar-refractivity contribution in [2.24, 2.45) is 11.8 Å². The van der Waals surface area contributed by atoms with Crippen LogP contribution in [0.25, 0.3) is 0 Å². The molecule has 19 heavy (non-hydrogen) atoms. The van der Waals surface area contributed by atoms with Crippen molar-refractivity contribution in [1.82, 2.24) is 10.2 Å². The van der Waals surface area contributed by atoms with Gasteiger partial charge in [0.2, 0.25) is 0 Å². The molecule has 1 rings (SSSR count). The first-order valence-corrected chi connectivity index (χ1v) is 8.32. The molecule has 0 saturated carbocycles. The predicted octanol–water partition coefficient (Wildman–Crippen LogP) is 3.91. The summed E-state index contributed by atoms with van der Waals surface area (Å²) in [6, 6.07) is 0.734. The summed E-state index contributed by atoms with van der Waals surface area (Å²) in [5.41, 5.74) is 0.238. The Bertz CT molecular complexity index is 234. The summed E-state index contributed by atoms with van der Waals surface area (Å²) in [6.07, 6.45) is 5.41. The molecule has 1 aliphatic rings. The van der Waals surface area contributed by atoms with Crippen molar-refractivity contribution < 1.29 is 0 Å². The minimum absolute atomic E-state index is 0.238. The van der Waals surface area contributed by atoms with Gasteiger partial charge in [-0.25, -0.2) is 0 Å². The van der Waals surface area contributed by atoms with Gasteiger partial charge in [0.25, 0.3) is 0 Å². The van der Waals surface area contributed by atoms with E-state index < -0.39 is 0 Å². The van der Waals surface area contributed by atoms with Gasteiger partial charge in [-0.2, -0.15) is 0 Å². The molecule has 1 N–H and O–H groups in total. The third-order valence-corrected chi connectivity index (χ3v) is 4.52. The maximum atomic E-state index is 3.70. The second-order valence-corrected chi connectivity index (χ2v) is 7.69. The van der Waals surface area contributed by atoms with Crippen LogP contribution in [0, 0.1) is 11.8 Å². The number of rotatable bonds is 6. The van der Waals surface area contributed by atoms with E-state index in [4.69, 9.17) is 0 Å². The van der Waals surface area contributed by atoms with E-state index in [0.717, 1.165) is 24.4 Å². The number of nitrogens with one attached hydrogen (secondary N) is 1. The predicted molar refractivity (Wildman–Crippen MR) is 85.6 cm³/mol. The molecule has 0 aromatic rings. The summed E-state index contributed by atoms with van der Waals surface area (Å²) in [7, 11) is 0. The normalized spacial score (nSPS) is 21.0. The van der Waals surface area contributed by atoms with Crippen LogP contribution in [-0.4, -0.2) is 36.1 Å². The van der Waals surface area contributed by atoms with E-state index in [1.807, 2.05) is 0 Å². The molecule has 1 fully saturated rings. The van der Waals surface area contributed by atoms with Gasteiger partial charge in [0.05, 0.1) is 0 Å². The van der Waals surface area contributed by atoms with Gasteiger partial charge in [-0.1, -0.05) is 27.2 Å². The zero-order valence-electron chi connectivity index (χ0n) is 14.1. The average Bonchev–Trinajstić information content (AvgIpc) is 2.33. The second-order valence-electron chi connectivity index (χ2n) is 7.69.